The molecule has 0 fully saturated rings. The minimum absolute atomic E-state index is 0.328. The number of carbonyl (C=O) groups is 3. The minimum atomic E-state index is -0.727. The minimum Gasteiger partial charge on any atom is -0.465 e. The first-order valence-corrected chi connectivity index (χ1v) is 6.62. The number of ketones is 1. The molecule has 2 rings (SSSR count). The molecule has 5 heteroatoms. The van der Waals surface area contributed by atoms with Crippen molar-refractivity contribution in [1.82, 2.24) is 0 Å². The van der Waals surface area contributed by atoms with E-state index in [0.717, 1.165) is 5.56 Å². The van der Waals surface area contributed by atoms with E-state index >= 15 is 0 Å². The van der Waals surface area contributed by atoms with Gasteiger partial charge in [0.1, 0.15) is 0 Å². The topological polar surface area (TPSA) is 72.5 Å². The van der Waals surface area contributed by atoms with Crippen LogP contribution in [0.3, 0.4) is 0 Å². The molecule has 1 N–H and O–H groups in total. The van der Waals surface area contributed by atoms with Crippen LogP contribution in [-0.4, -0.2) is 24.8 Å². The molecule has 0 heterocycles. The van der Waals surface area contributed by atoms with Gasteiger partial charge in [-0.3, -0.25) is 9.59 Å². The van der Waals surface area contributed by atoms with Crippen molar-refractivity contribution < 1.29 is 19.1 Å². The number of carbonyl (C=O) groups excluding carboxylic acids is 3. The Balaban J connectivity index is 2.06. The van der Waals surface area contributed by atoms with Gasteiger partial charge >= 0.3 is 5.97 Å². The number of benzene rings is 2. The molecular formula is C17H15NO4. The molecule has 0 unspecified atom stereocenters. The lowest BCUT2D eigenvalue weighted by atomic mass is 10.1. The maximum Gasteiger partial charge on any atom is 0.337 e. The number of esters is 1. The van der Waals surface area contributed by atoms with E-state index in [1.165, 1.54) is 31.4 Å². The Labute approximate surface area is 127 Å². The number of ether oxygens (including phenoxy) is 1. The SMILES string of the molecule is COC(=O)c1ccc(NC(=O)C(=O)c2ccc(C)cc2)cc1. The van der Waals surface area contributed by atoms with Crippen molar-refractivity contribution in [3.63, 3.8) is 0 Å². The number of amides is 1. The van der Waals surface area contributed by atoms with Gasteiger partial charge in [-0.25, -0.2) is 4.79 Å². The molecule has 0 aliphatic heterocycles. The second-order valence-electron chi connectivity index (χ2n) is 4.72. The van der Waals surface area contributed by atoms with Crippen LogP contribution in [0.15, 0.2) is 48.5 Å². The van der Waals surface area contributed by atoms with Gasteiger partial charge in [-0.05, 0) is 31.2 Å². The van der Waals surface area contributed by atoms with Gasteiger partial charge < -0.3 is 10.1 Å². The Morgan fingerprint density at radius 3 is 1.95 bits per heavy atom. The number of aryl methyl sites for hydroxylation is 1. The number of rotatable bonds is 4. The lowest BCUT2D eigenvalue weighted by Gasteiger charge is -2.06. The van der Waals surface area contributed by atoms with Crippen LogP contribution in [0.5, 0.6) is 0 Å². The Morgan fingerprint density at radius 2 is 1.41 bits per heavy atom. The maximum atomic E-state index is 12.0. The largest absolute Gasteiger partial charge is 0.465 e. The van der Waals surface area contributed by atoms with Gasteiger partial charge in [0.2, 0.25) is 0 Å². The predicted octanol–water partition coefficient (Wildman–Crippen LogP) is 2.60. The first kappa shape index (κ1) is 15.4. The zero-order valence-electron chi connectivity index (χ0n) is 12.3. The fraction of sp³-hybridized carbons (Fsp3) is 0.118. The average molecular weight is 297 g/mol. The normalized spacial score (nSPS) is 9.91. The van der Waals surface area contributed by atoms with E-state index in [9.17, 15) is 14.4 Å². The molecule has 0 aliphatic rings. The second-order valence-corrected chi connectivity index (χ2v) is 4.72. The highest BCUT2D eigenvalue weighted by atomic mass is 16.5. The first-order valence-electron chi connectivity index (χ1n) is 6.62. The fourth-order valence-electron chi connectivity index (χ4n) is 1.83. The summed E-state index contributed by atoms with van der Waals surface area (Å²) in [6.07, 6.45) is 0. The third-order valence-electron chi connectivity index (χ3n) is 3.08. The molecular weight excluding hydrogens is 282 g/mol. The Morgan fingerprint density at radius 1 is 0.864 bits per heavy atom. The molecule has 22 heavy (non-hydrogen) atoms. The van der Waals surface area contributed by atoms with E-state index in [2.05, 4.69) is 10.1 Å². The zero-order valence-corrected chi connectivity index (χ0v) is 12.3. The summed E-state index contributed by atoms with van der Waals surface area (Å²) in [5, 5.41) is 2.50. The molecule has 2 aromatic carbocycles. The second kappa shape index (κ2) is 6.67. The lowest BCUT2D eigenvalue weighted by Crippen LogP contribution is -2.22. The van der Waals surface area contributed by atoms with Gasteiger partial charge in [-0.1, -0.05) is 29.8 Å². The average Bonchev–Trinajstić information content (AvgIpc) is 2.54. The smallest absolute Gasteiger partial charge is 0.337 e. The van der Waals surface area contributed by atoms with Crippen molar-refractivity contribution in [1.29, 1.82) is 0 Å². The molecule has 0 saturated heterocycles. The van der Waals surface area contributed by atoms with Crippen molar-refractivity contribution in [3.05, 3.63) is 65.2 Å². The number of anilines is 1. The molecule has 0 aliphatic carbocycles. The Kier molecular flexibility index (Phi) is 4.68. The molecule has 0 radical (unpaired) electrons. The first-order chi connectivity index (χ1) is 10.5. The highest BCUT2D eigenvalue weighted by Crippen LogP contribution is 2.12. The predicted molar refractivity (Wildman–Crippen MR) is 81.9 cm³/mol. The molecule has 1 amide bonds. The summed E-state index contributed by atoms with van der Waals surface area (Å²) >= 11 is 0. The van der Waals surface area contributed by atoms with Crippen molar-refractivity contribution in [2.45, 2.75) is 6.92 Å². The number of Topliss-reactive ketones (excluding diaryl/α,β-unsaturated/α-hetero) is 1. The van der Waals surface area contributed by atoms with Crippen LogP contribution in [0, 0.1) is 6.92 Å². The molecule has 5 nitrogen and oxygen atoms in total. The third kappa shape index (κ3) is 3.58. The quantitative estimate of drug-likeness (QED) is 0.535. The fourth-order valence-corrected chi connectivity index (χ4v) is 1.83. The Hall–Kier alpha value is -2.95. The van der Waals surface area contributed by atoms with Crippen molar-refractivity contribution in [2.24, 2.45) is 0 Å². The van der Waals surface area contributed by atoms with Crippen LogP contribution in [-0.2, 0) is 9.53 Å². The number of nitrogens with one attached hydrogen (secondary N) is 1. The molecule has 0 atom stereocenters. The summed E-state index contributed by atoms with van der Waals surface area (Å²) in [6, 6.07) is 12.8. The van der Waals surface area contributed by atoms with Gasteiger partial charge in [-0.15, -0.1) is 0 Å². The van der Waals surface area contributed by atoms with E-state index < -0.39 is 17.7 Å². The molecule has 0 saturated carbocycles. The van der Waals surface area contributed by atoms with Crippen LogP contribution in [0.2, 0.25) is 0 Å². The monoisotopic (exact) mass is 297 g/mol. The van der Waals surface area contributed by atoms with Crippen LogP contribution in [0.1, 0.15) is 26.3 Å². The van der Waals surface area contributed by atoms with Crippen LogP contribution in [0.25, 0.3) is 0 Å². The summed E-state index contributed by atoms with van der Waals surface area (Å²) in [6.45, 7) is 1.90. The number of hydrogen-bond donors (Lipinski definition) is 1. The van der Waals surface area contributed by atoms with E-state index in [0.29, 0.717) is 16.8 Å². The van der Waals surface area contributed by atoms with Gasteiger partial charge in [0, 0.05) is 11.3 Å². The van der Waals surface area contributed by atoms with E-state index in [-0.39, 0.29) is 0 Å². The summed E-state index contributed by atoms with van der Waals surface area (Å²) in [5.41, 5.74) is 2.13. The number of methoxy groups -OCH3 is 1. The summed E-state index contributed by atoms with van der Waals surface area (Å²) in [7, 11) is 1.29. The molecule has 112 valence electrons. The Bertz CT molecular complexity index is 702. The standard InChI is InChI=1S/C17H15NO4/c1-11-3-5-12(6-4-11)15(19)16(20)18-14-9-7-13(8-10-14)17(21)22-2/h3-10H,1-2H3,(H,18,20). The van der Waals surface area contributed by atoms with Crippen LogP contribution >= 0.6 is 0 Å². The maximum absolute atomic E-state index is 12.0. The van der Waals surface area contributed by atoms with Crippen LogP contribution < -0.4 is 5.32 Å². The highest BCUT2D eigenvalue weighted by Gasteiger charge is 2.16. The number of hydrogen-bond acceptors (Lipinski definition) is 4. The molecule has 2 aromatic rings. The van der Waals surface area contributed by atoms with Gasteiger partial charge in [0.05, 0.1) is 12.7 Å². The van der Waals surface area contributed by atoms with Crippen LogP contribution in [0.4, 0.5) is 5.69 Å². The van der Waals surface area contributed by atoms with Gasteiger partial charge in [0.15, 0.2) is 0 Å². The lowest BCUT2D eigenvalue weighted by molar-refractivity contribution is -0.112. The zero-order chi connectivity index (χ0) is 16.1. The van der Waals surface area contributed by atoms with Crippen molar-refractivity contribution in [3.8, 4) is 0 Å². The van der Waals surface area contributed by atoms with Crippen molar-refractivity contribution in [2.75, 3.05) is 12.4 Å². The van der Waals surface area contributed by atoms with Gasteiger partial charge in [0.25, 0.3) is 11.7 Å². The summed E-state index contributed by atoms with van der Waals surface area (Å²) in [4.78, 5) is 35.2. The van der Waals surface area contributed by atoms with E-state index in [1.54, 1.807) is 24.3 Å². The van der Waals surface area contributed by atoms with Gasteiger partial charge in [-0.2, -0.15) is 0 Å². The molecule has 0 aromatic heterocycles. The van der Waals surface area contributed by atoms with E-state index in [1.807, 2.05) is 6.92 Å². The summed E-state index contributed by atoms with van der Waals surface area (Å²) < 4.78 is 4.58. The van der Waals surface area contributed by atoms with Crippen molar-refractivity contribution >= 4 is 23.3 Å². The highest BCUT2D eigenvalue weighted by molar-refractivity contribution is 6.46. The van der Waals surface area contributed by atoms with E-state index in [4.69, 9.17) is 0 Å². The molecule has 0 spiro atoms. The molecule has 0 bridgehead atoms. The summed E-state index contributed by atoms with van der Waals surface area (Å²) in [5.74, 6) is -1.81. The third-order valence-corrected chi connectivity index (χ3v) is 3.08.